The van der Waals surface area contributed by atoms with Crippen molar-refractivity contribution in [1.82, 2.24) is 0 Å². The van der Waals surface area contributed by atoms with E-state index < -0.39 is 11.2 Å². The highest BCUT2D eigenvalue weighted by Gasteiger charge is 2.52. The molecule has 8 rings (SSSR count). The maximum absolute atomic E-state index is 7.89. The fraction of sp³-hybridized carbons (Fsp3) is 0.453. The van der Waals surface area contributed by atoms with Crippen LogP contribution in [0.2, 0.25) is 0 Å². The van der Waals surface area contributed by atoms with Gasteiger partial charge in [-0.25, -0.2) is 0 Å². The van der Waals surface area contributed by atoms with Crippen molar-refractivity contribution in [2.75, 3.05) is 22.9 Å². The normalized spacial score (nSPS) is 21.6. The predicted molar refractivity (Wildman–Crippen MR) is 257 cm³/mol. The summed E-state index contributed by atoms with van der Waals surface area (Å²) in [5, 5.41) is 0. The second kappa shape index (κ2) is 17.4. The first-order valence-corrected chi connectivity index (χ1v) is 25.2. The van der Waals surface area contributed by atoms with E-state index in [1.54, 1.807) is 0 Å². The molecule has 4 fully saturated rings. The minimum Gasteiger partial charge on any atom is -0.325 e. The van der Waals surface area contributed by atoms with E-state index in [0.29, 0.717) is 17.0 Å². The Morgan fingerprint density at radius 2 is 1.00 bits per heavy atom. The van der Waals surface area contributed by atoms with Gasteiger partial charge in [0, 0.05) is 35.7 Å². The van der Waals surface area contributed by atoms with Gasteiger partial charge in [-0.15, -0.1) is 0 Å². The molecule has 1 unspecified atom stereocenters. The van der Waals surface area contributed by atoms with E-state index >= 15 is 0 Å². The smallest absolute Gasteiger partial charge is 0.143 e. The topological polar surface area (TPSA) is 6.48 Å². The molecule has 0 bridgehead atoms. The third-order valence-electron chi connectivity index (χ3n) is 14.1. The summed E-state index contributed by atoms with van der Waals surface area (Å²) < 4.78 is -1.04. The molecule has 1 heterocycles. The summed E-state index contributed by atoms with van der Waals surface area (Å²) >= 11 is 15.8. The van der Waals surface area contributed by atoms with E-state index in [-0.39, 0.29) is 0 Å². The van der Waals surface area contributed by atoms with Crippen LogP contribution in [0.3, 0.4) is 0 Å². The number of anilines is 2. The largest absolute Gasteiger partial charge is 0.325 e. The summed E-state index contributed by atoms with van der Waals surface area (Å²) in [5.74, 6) is 4.26. The quantitative estimate of drug-likeness (QED) is 0.135. The maximum Gasteiger partial charge on any atom is 0.143 e. The summed E-state index contributed by atoms with van der Waals surface area (Å²) in [6.45, 7) is 13.6. The molecular weight excluding hydrogens is 766 g/mol. The number of halogens is 2. The average Bonchev–Trinajstić information content (AvgIpc) is 3.61. The van der Waals surface area contributed by atoms with Gasteiger partial charge in [0.05, 0.1) is 0 Å². The van der Waals surface area contributed by atoms with E-state index in [1.807, 2.05) is 0 Å². The number of benzene rings is 4. The zero-order valence-electron chi connectivity index (χ0n) is 36.0. The van der Waals surface area contributed by atoms with Crippen LogP contribution in [-0.4, -0.2) is 40.2 Å². The Morgan fingerprint density at radius 3 is 1.45 bits per heavy atom. The number of aryl methyl sites for hydroxylation is 6. The minimum atomic E-state index is -1.94. The Bertz CT molecular complexity index is 2090. The van der Waals surface area contributed by atoms with Crippen LogP contribution in [-0.2, 0) is 0 Å². The molecular formula is C53H65Cl2N2P. The van der Waals surface area contributed by atoms with Gasteiger partial charge in [0.2, 0.25) is 0 Å². The molecule has 1 aliphatic heterocycles. The Labute approximate surface area is 360 Å². The fourth-order valence-electron chi connectivity index (χ4n) is 12.0. The molecule has 1 saturated heterocycles. The summed E-state index contributed by atoms with van der Waals surface area (Å²) in [6.07, 6.45) is 17.5. The highest BCUT2D eigenvalue weighted by molar-refractivity contribution is 7.77. The van der Waals surface area contributed by atoms with Gasteiger partial charge in [-0.05, 0) is 136 Å². The van der Waals surface area contributed by atoms with Crippen molar-refractivity contribution in [3.05, 3.63) is 146 Å². The number of nitrogens with zero attached hydrogens (tertiary/aromatic N) is 2. The van der Waals surface area contributed by atoms with Crippen LogP contribution in [0.25, 0.3) is 6.08 Å². The van der Waals surface area contributed by atoms with Gasteiger partial charge in [0.25, 0.3) is 0 Å². The third kappa shape index (κ3) is 8.05. The van der Waals surface area contributed by atoms with Crippen LogP contribution in [0.1, 0.15) is 122 Å². The molecule has 1 atom stereocenters. The molecule has 3 aliphatic carbocycles. The molecule has 0 radical (unpaired) electrons. The van der Waals surface area contributed by atoms with Crippen molar-refractivity contribution in [3.8, 4) is 0 Å². The molecule has 0 N–H and O–H groups in total. The first kappa shape index (κ1) is 41.6. The summed E-state index contributed by atoms with van der Waals surface area (Å²) in [6, 6.07) is 31.9. The van der Waals surface area contributed by atoms with Gasteiger partial charge < -0.3 is 9.80 Å². The third-order valence-corrected chi connectivity index (χ3v) is 20.8. The molecule has 4 aromatic carbocycles. The van der Waals surface area contributed by atoms with E-state index in [9.17, 15) is 0 Å². The van der Waals surface area contributed by atoms with Gasteiger partial charge in [-0.3, -0.25) is 0 Å². The lowest BCUT2D eigenvalue weighted by Gasteiger charge is -2.53. The Balaban J connectivity index is 1.54. The van der Waals surface area contributed by atoms with Crippen LogP contribution in [0.15, 0.2) is 102 Å². The average molecular weight is 832 g/mol. The first-order chi connectivity index (χ1) is 28.0. The van der Waals surface area contributed by atoms with Gasteiger partial charge in [0.1, 0.15) is 10.2 Å². The number of allylic oxidation sites excluding steroid dienone is 2. The summed E-state index contributed by atoms with van der Waals surface area (Å²) in [4.78, 5) is 5.44. The second-order valence-corrected chi connectivity index (χ2v) is 23.9. The molecule has 2 nitrogen and oxygen atoms in total. The summed E-state index contributed by atoms with van der Waals surface area (Å²) in [7, 11) is 0. The SMILES string of the molecule is Cc1cc(C)c(N2CCN(c3c(C)cc(C)cc3C)C2=C2C(=Cc3ccccc3)C(Cl)(Cl)CCC2P(=Cc2ccccc2)(C2CCCCC2)C2CCCCC2)c(C)c1. The van der Waals surface area contributed by atoms with Crippen molar-refractivity contribution in [2.45, 2.75) is 140 Å². The molecule has 4 aliphatic rings. The molecule has 5 heteroatoms. The Kier molecular flexibility index (Phi) is 12.5. The highest BCUT2D eigenvalue weighted by Crippen LogP contribution is 2.72. The lowest BCUT2D eigenvalue weighted by Crippen LogP contribution is -2.41. The lowest BCUT2D eigenvalue weighted by atomic mass is 9.85. The van der Waals surface area contributed by atoms with E-state index in [1.165, 1.54) is 126 Å². The standard InChI is InChI=1S/C53H65Cl2N2P/c1-37-31-39(3)50(40(4)32-37)56-29-30-57(51-41(5)33-38(2)34-42(51)6)52(56)49-47(35-43-19-11-7-12-20-43)53(54,55)28-27-48(49)58(45-23-15-9-16-24-45,46-25-17-10-18-26-46)36-44-21-13-8-14-22-44/h7-8,11-14,19-22,31-36,45-46,48H,9-10,15-18,23-30H2,1-6H3. The molecule has 4 aromatic rings. The predicted octanol–water partition coefficient (Wildman–Crippen LogP) is 15.0. The monoisotopic (exact) mass is 830 g/mol. The van der Waals surface area contributed by atoms with E-state index in [2.05, 4.69) is 148 Å². The van der Waals surface area contributed by atoms with E-state index in [0.717, 1.165) is 37.1 Å². The molecule has 0 amide bonds. The Morgan fingerprint density at radius 1 is 0.569 bits per heavy atom. The molecule has 0 aromatic heterocycles. The van der Waals surface area contributed by atoms with Crippen LogP contribution >= 0.6 is 30.1 Å². The van der Waals surface area contributed by atoms with Crippen molar-refractivity contribution in [2.24, 2.45) is 0 Å². The van der Waals surface area contributed by atoms with Crippen LogP contribution in [0.4, 0.5) is 11.4 Å². The maximum atomic E-state index is 7.89. The van der Waals surface area contributed by atoms with Crippen molar-refractivity contribution >= 4 is 53.3 Å². The molecule has 306 valence electrons. The summed E-state index contributed by atoms with van der Waals surface area (Å²) in [5.41, 5.74) is 17.4. The van der Waals surface area contributed by atoms with Gasteiger partial charge in [-0.1, -0.05) is 170 Å². The zero-order chi connectivity index (χ0) is 40.6. The lowest BCUT2D eigenvalue weighted by molar-refractivity contribution is 0.477. The minimum absolute atomic E-state index is 0.328. The number of alkyl halides is 2. The zero-order valence-corrected chi connectivity index (χ0v) is 38.4. The van der Waals surface area contributed by atoms with Crippen molar-refractivity contribution in [1.29, 1.82) is 0 Å². The fourth-order valence-corrected chi connectivity index (χ4v) is 19.3. The van der Waals surface area contributed by atoms with Gasteiger partial charge in [-0.2, -0.15) is 0 Å². The number of hydrogen-bond acceptors (Lipinski definition) is 2. The molecule has 0 spiro atoms. The van der Waals surface area contributed by atoms with Crippen molar-refractivity contribution in [3.63, 3.8) is 0 Å². The molecule has 58 heavy (non-hydrogen) atoms. The number of rotatable bonds is 7. The van der Waals surface area contributed by atoms with Gasteiger partial charge >= 0.3 is 0 Å². The van der Waals surface area contributed by atoms with Crippen molar-refractivity contribution < 1.29 is 0 Å². The van der Waals surface area contributed by atoms with E-state index in [4.69, 9.17) is 23.2 Å². The van der Waals surface area contributed by atoms with Crippen LogP contribution < -0.4 is 9.80 Å². The number of hydrogen-bond donors (Lipinski definition) is 0. The van der Waals surface area contributed by atoms with Crippen LogP contribution in [0, 0.1) is 41.5 Å². The first-order valence-electron chi connectivity index (χ1n) is 22.4. The van der Waals surface area contributed by atoms with Crippen LogP contribution in [0.5, 0.6) is 0 Å². The Hall–Kier alpha value is -3.16. The highest BCUT2D eigenvalue weighted by atomic mass is 35.5. The second-order valence-electron chi connectivity index (χ2n) is 18.3. The van der Waals surface area contributed by atoms with Gasteiger partial charge in [0.15, 0.2) is 0 Å². The molecule has 3 saturated carbocycles.